The van der Waals surface area contributed by atoms with Crippen LogP contribution in [0.25, 0.3) is 10.6 Å². The fraction of sp³-hybridized carbons (Fsp3) is 0.550. The first-order valence-electron chi connectivity index (χ1n) is 9.42. The van der Waals surface area contributed by atoms with Crippen molar-refractivity contribution in [3.05, 3.63) is 30.3 Å². The smallest absolute Gasteiger partial charge is 0.226 e. The molecule has 4 saturated carbocycles. The molecule has 136 valence electrons. The number of benzene rings is 1. The number of nitrogens with zero attached hydrogens (tertiary/aromatic N) is 2. The first-order valence-corrected chi connectivity index (χ1v) is 10.2. The molecule has 0 aliphatic heterocycles. The Morgan fingerprint density at radius 3 is 2.58 bits per heavy atom. The Morgan fingerprint density at radius 2 is 1.88 bits per heavy atom. The highest BCUT2D eigenvalue weighted by Gasteiger charge is 2.57. The van der Waals surface area contributed by atoms with E-state index in [-0.39, 0.29) is 11.3 Å². The molecule has 4 aliphatic rings. The van der Waals surface area contributed by atoms with Gasteiger partial charge in [0.05, 0.1) is 5.60 Å². The molecule has 0 saturated heterocycles. The number of amides is 1. The maximum atomic E-state index is 12.7. The van der Waals surface area contributed by atoms with Gasteiger partial charge in [-0.1, -0.05) is 41.7 Å². The van der Waals surface area contributed by atoms with E-state index in [1.807, 2.05) is 30.3 Å². The zero-order valence-electron chi connectivity index (χ0n) is 14.6. The maximum Gasteiger partial charge on any atom is 0.226 e. The van der Waals surface area contributed by atoms with Gasteiger partial charge in [-0.05, 0) is 55.8 Å². The highest BCUT2D eigenvalue weighted by atomic mass is 32.1. The van der Waals surface area contributed by atoms with Crippen LogP contribution in [0.1, 0.15) is 44.9 Å². The number of carbonyl (C=O) groups is 1. The number of aliphatic hydroxyl groups is 1. The standard InChI is InChI=1S/C20H23N3O2S/c24-16(21-18-23-22-17(26-18)15-4-2-1-3-5-15)11-19-7-13-6-14(8-19)10-20(25,9-13)12-19/h1-5,13-14,25H,6-12H2,(H,21,23,24). The topological polar surface area (TPSA) is 75.1 Å². The number of hydrogen-bond acceptors (Lipinski definition) is 5. The van der Waals surface area contributed by atoms with Gasteiger partial charge in [-0.25, -0.2) is 0 Å². The predicted molar refractivity (Wildman–Crippen MR) is 101 cm³/mol. The second-order valence-electron chi connectivity index (χ2n) is 8.69. The Kier molecular flexibility index (Phi) is 3.69. The molecule has 1 amide bonds. The molecular weight excluding hydrogens is 346 g/mol. The van der Waals surface area contributed by atoms with Gasteiger partial charge in [-0.15, -0.1) is 10.2 Å². The molecule has 26 heavy (non-hydrogen) atoms. The molecule has 6 heteroatoms. The molecule has 2 N–H and O–H groups in total. The van der Waals surface area contributed by atoms with Crippen molar-refractivity contribution in [1.82, 2.24) is 10.2 Å². The lowest BCUT2D eigenvalue weighted by Crippen LogP contribution is -2.56. The first-order chi connectivity index (χ1) is 12.5. The molecule has 1 aromatic heterocycles. The fourth-order valence-electron chi connectivity index (χ4n) is 6.08. The van der Waals surface area contributed by atoms with Gasteiger partial charge in [0.2, 0.25) is 11.0 Å². The molecule has 1 heterocycles. The molecule has 2 atom stereocenters. The number of carbonyl (C=O) groups excluding carboxylic acids is 1. The number of rotatable bonds is 4. The highest BCUT2D eigenvalue weighted by Crippen LogP contribution is 2.62. The van der Waals surface area contributed by atoms with Gasteiger partial charge < -0.3 is 10.4 Å². The Morgan fingerprint density at radius 1 is 1.15 bits per heavy atom. The van der Waals surface area contributed by atoms with Crippen LogP contribution in [0.15, 0.2) is 30.3 Å². The quantitative estimate of drug-likeness (QED) is 0.858. The third kappa shape index (κ3) is 2.95. The molecular formula is C20H23N3O2S. The van der Waals surface area contributed by atoms with Crippen LogP contribution in [0.4, 0.5) is 5.13 Å². The van der Waals surface area contributed by atoms with Gasteiger partial charge in [0, 0.05) is 12.0 Å². The molecule has 5 nitrogen and oxygen atoms in total. The van der Waals surface area contributed by atoms with E-state index in [9.17, 15) is 9.90 Å². The number of nitrogens with one attached hydrogen (secondary N) is 1. The summed E-state index contributed by atoms with van der Waals surface area (Å²) in [6.07, 6.45) is 6.56. The largest absolute Gasteiger partial charge is 0.390 e. The van der Waals surface area contributed by atoms with E-state index in [1.54, 1.807) is 0 Å². The summed E-state index contributed by atoms with van der Waals surface area (Å²) < 4.78 is 0. The van der Waals surface area contributed by atoms with Crippen LogP contribution in [-0.4, -0.2) is 26.8 Å². The second kappa shape index (κ2) is 5.86. The average Bonchev–Trinajstić information content (AvgIpc) is 3.01. The van der Waals surface area contributed by atoms with Gasteiger partial charge in [-0.2, -0.15) is 0 Å². The molecule has 4 fully saturated rings. The third-order valence-electron chi connectivity index (χ3n) is 6.38. The van der Waals surface area contributed by atoms with Crippen molar-refractivity contribution in [2.24, 2.45) is 17.3 Å². The number of aromatic nitrogens is 2. The Hall–Kier alpha value is -1.79. The van der Waals surface area contributed by atoms with Crippen molar-refractivity contribution in [2.45, 2.75) is 50.5 Å². The van der Waals surface area contributed by atoms with Crippen LogP contribution >= 0.6 is 11.3 Å². The van der Waals surface area contributed by atoms with E-state index in [0.29, 0.717) is 23.4 Å². The van der Waals surface area contributed by atoms with Gasteiger partial charge in [0.15, 0.2) is 0 Å². The van der Waals surface area contributed by atoms with Gasteiger partial charge in [0.1, 0.15) is 5.01 Å². The van der Waals surface area contributed by atoms with Crippen molar-refractivity contribution in [3.8, 4) is 10.6 Å². The monoisotopic (exact) mass is 369 g/mol. The van der Waals surface area contributed by atoms with Crippen molar-refractivity contribution in [2.75, 3.05) is 5.32 Å². The van der Waals surface area contributed by atoms with Crippen LogP contribution in [0.5, 0.6) is 0 Å². The predicted octanol–water partition coefficient (Wildman–Crippen LogP) is 3.87. The lowest BCUT2D eigenvalue weighted by Gasteiger charge is -2.60. The summed E-state index contributed by atoms with van der Waals surface area (Å²) in [5, 5.41) is 23.5. The summed E-state index contributed by atoms with van der Waals surface area (Å²) >= 11 is 1.40. The number of anilines is 1. The normalized spacial score (nSPS) is 34.8. The molecule has 2 aromatic rings. The maximum absolute atomic E-state index is 12.7. The molecule has 4 bridgehead atoms. The summed E-state index contributed by atoms with van der Waals surface area (Å²) in [5.41, 5.74) is 0.470. The summed E-state index contributed by atoms with van der Waals surface area (Å²) in [7, 11) is 0. The van der Waals surface area contributed by atoms with E-state index in [1.165, 1.54) is 17.8 Å². The van der Waals surface area contributed by atoms with E-state index in [4.69, 9.17) is 0 Å². The van der Waals surface area contributed by atoms with Gasteiger partial charge in [0.25, 0.3) is 0 Å². The molecule has 4 aliphatic carbocycles. The Labute approximate surface area is 156 Å². The summed E-state index contributed by atoms with van der Waals surface area (Å²) in [6, 6.07) is 9.87. The summed E-state index contributed by atoms with van der Waals surface area (Å²) in [4.78, 5) is 12.7. The fourth-order valence-corrected chi connectivity index (χ4v) is 6.85. The van der Waals surface area contributed by atoms with Crippen LogP contribution in [0, 0.1) is 17.3 Å². The Balaban J connectivity index is 1.28. The molecule has 0 radical (unpaired) electrons. The van der Waals surface area contributed by atoms with Crippen molar-refractivity contribution < 1.29 is 9.90 Å². The van der Waals surface area contributed by atoms with Crippen LogP contribution in [0.2, 0.25) is 0 Å². The molecule has 0 spiro atoms. The average molecular weight is 369 g/mol. The van der Waals surface area contributed by atoms with Crippen molar-refractivity contribution in [3.63, 3.8) is 0 Å². The van der Waals surface area contributed by atoms with E-state index in [2.05, 4.69) is 15.5 Å². The molecule has 2 unspecified atom stereocenters. The SMILES string of the molecule is O=C(CC12CC3CC(CC(O)(C3)C1)C2)Nc1nnc(-c2ccccc2)s1. The van der Waals surface area contributed by atoms with E-state index in [0.717, 1.165) is 42.7 Å². The zero-order chi connectivity index (χ0) is 17.8. The molecule has 1 aromatic carbocycles. The van der Waals surface area contributed by atoms with Crippen molar-refractivity contribution >= 4 is 22.4 Å². The lowest BCUT2D eigenvalue weighted by molar-refractivity contribution is -0.167. The lowest BCUT2D eigenvalue weighted by atomic mass is 9.47. The minimum Gasteiger partial charge on any atom is -0.390 e. The number of hydrogen-bond donors (Lipinski definition) is 2. The van der Waals surface area contributed by atoms with E-state index >= 15 is 0 Å². The summed E-state index contributed by atoms with van der Waals surface area (Å²) in [5.74, 6) is 1.20. The van der Waals surface area contributed by atoms with Crippen LogP contribution in [0.3, 0.4) is 0 Å². The zero-order valence-corrected chi connectivity index (χ0v) is 15.5. The first kappa shape index (κ1) is 16.4. The molecule has 6 rings (SSSR count). The van der Waals surface area contributed by atoms with E-state index < -0.39 is 5.60 Å². The van der Waals surface area contributed by atoms with Gasteiger partial charge >= 0.3 is 0 Å². The summed E-state index contributed by atoms with van der Waals surface area (Å²) in [6.45, 7) is 0. The minimum atomic E-state index is -0.520. The van der Waals surface area contributed by atoms with Gasteiger partial charge in [-0.3, -0.25) is 4.79 Å². The second-order valence-corrected chi connectivity index (χ2v) is 9.67. The Bertz CT molecular complexity index is 821. The van der Waals surface area contributed by atoms with Crippen LogP contribution < -0.4 is 5.32 Å². The van der Waals surface area contributed by atoms with Crippen molar-refractivity contribution in [1.29, 1.82) is 0 Å². The third-order valence-corrected chi connectivity index (χ3v) is 7.27. The van der Waals surface area contributed by atoms with Crippen LogP contribution in [-0.2, 0) is 4.79 Å². The highest BCUT2D eigenvalue weighted by molar-refractivity contribution is 7.18. The minimum absolute atomic E-state index is 0.00584.